The topological polar surface area (TPSA) is 55.2 Å². The van der Waals surface area contributed by atoms with Crippen LogP contribution in [-0.4, -0.2) is 11.5 Å². The zero-order valence-corrected chi connectivity index (χ0v) is 12.9. The molecule has 0 fully saturated rings. The summed E-state index contributed by atoms with van der Waals surface area (Å²) in [7, 11) is 0. The Hall–Kier alpha value is -1.77. The van der Waals surface area contributed by atoms with Crippen LogP contribution in [0.2, 0.25) is 0 Å². The number of nitrogens with zero attached hydrogens (tertiary/aromatic N) is 1. The second kappa shape index (κ2) is 6.79. The number of hydrogen-bond donors (Lipinski definition) is 1. The Morgan fingerprint density at radius 1 is 1.14 bits per heavy atom. The molecule has 0 spiro atoms. The van der Waals surface area contributed by atoms with E-state index >= 15 is 0 Å². The molecule has 2 aromatic carbocycles. The normalized spacial score (nSPS) is 10.4. The summed E-state index contributed by atoms with van der Waals surface area (Å²) in [5, 5.41) is 13.9. The van der Waals surface area contributed by atoms with Gasteiger partial charge in [0.05, 0.1) is 4.92 Å². The van der Waals surface area contributed by atoms with Crippen molar-refractivity contribution in [3.8, 4) is 0 Å². The summed E-state index contributed by atoms with van der Waals surface area (Å²) in [6, 6.07) is 8.12. The predicted octanol–water partition coefficient (Wildman–Crippen LogP) is 4.13. The summed E-state index contributed by atoms with van der Waals surface area (Å²) < 4.78 is 26.8. The molecule has 0 unspecified atom stereocenters. The minimum absolute atomic E-state index is 0.0210. The summed E-state index contributed by atoms with van der Waals surface area (Å²) in [5.41, 5.74) is 0.859. The van der Waals surface area contributed by atoms with Crippen LogP contribution >= 0.6 is 22.6 Å². The van der Waals surface area contributed by atoms with E-state index in [1.54, 1.807) is 12.1 Å². The van der Waals surface area contributed by atoms with Crippen LogP contribution in [0.25, 0.3) is 0 Å². The van der Waals surface area contributed by atoms with Gasteiger partial charge in [-0.15, -0.1) is 0 Å². The number of hydrogen-bond acceptors (Lipinski definition) is 3. The highest BCUT2D eigenvalue weighted by Crippen LogP contribution is 2.26. The quantitative estimate of drug-likeness (QED) is 0.463. The van der Waals surface area contributed by atoms with Crippen LogP contribution < -0.4 is 5.32 Å². The maximum absolute atomic E-state index is 13.0. The lowest BCUT2D eigenvalue weighted by Crippen LogP contribution is -2.07. The van der Waals surface area contributed by atoms with Crippen molar-refractivity contribution in [2.45, 2.75) is 6.42 Å². The molecule has 0 saturated carbocycles. The highest BCUT2D eigenvalue weighted by molar-refractivity contribution is 14.1. The van der Waals surface area contributed by atoms with Crippen molar-refractivity contribution >= 4 is 34.0 Å². The van der Waals surface area contributed by atoms with Crippen molar-refractivity contribution in [2.24, 2.45) is 0 Å². The number of anilines is 1. The fourth-order valence-corrected chi connectivity index (χ4v) is 2.38. The smallest absolute Gasteiger partial charge is 0.293 e. The molecule has 0 radical (unpaired) electrons. The minimum atomic E-state index is -0.634. The van der Waals surface area contributed by atoms with Crippen LogP contribution in [0.3, 0.4) is 0 Å². The van der Waals surface area contributed by atoms with Gasteiger partial charge in [-0.1, -0.05) is 0 Å². The maximum Gasteiger partial charge on any atom is 0.293 e. The Morgan fingerprint density at radius 3 is 2.43 bits per heavy atom. The molecule has 0 aliphatic carbocycles. The summed E-state index contributed by atoms with van der Waals surface area (Å²) >= 11 is 1.99. The minimum Gasteiger partial charge on any atom is -0.379 e. The molecule has 0 saturated heterocycles. The summed E-state index contributed by atoms with van der Waals surface area (Å²) in [6.07, 6.45) is 0.359. The van der Waals surface area contributed by atoms with Gasteiger partial charge >= 0.3 is 0 Å². The lowest BCUT2D eigenvalue weighted by Gasteiger charge is -2.08. The molecule has 0 aliphatic rings. The summed E-state index contributed by atoms with van der Waals surface area (Å²) in [6.45, 7) is 0.338. The standard InChI is InChI=1S/C14H11F2IN2O2/c15-10-5-9(6-11(16)7-10)3-4-18-13-2-1-12(17)8-14(13)19(20)21/h1-2,5-8,18H,3-4H2. The predicted molar refractivity (Wildman–Crippen MR) is 84.4 cm³/mol. The fourth-order valence-electron chi connectivity index (χ4n) is 1.90. The monoisotopic (exact) mass is 404 g/mol. The van der Waals surface area contributed by atoms with Crippen LogP contribution in [0.15, 0.2) is 36.4 Å². The van der Waals surface area contributed by atoms with Gasteiger partial charge in [-0.25, -0.2) is 8.78 Å². The number of nitro benzene ring substituents is 1. The molecule has 2 aromatic rings. The molecule has 0 aliphatic heterocycles. The first-order valence-electron chi connectivity index (χ1n) is 6.08. The Balaban J connectivity index is 2.05. The fraction of sp³-hybridized carbons (Fsp3) is 0.143. The average molecular weight is 404 g/mol. The van der Waals surface area contributed by atoms with Gasteiger partial charge in [0.1, 0.15) is 17.3 Å². The molecule has 4 nitrogen and oxygen atoms in total. The van der Waals surface area contributed by atoms with Gasteiger partial charge in [-0.3, -0.25) is 10.1 Å². The zero-order valence-electron chi connectivity index (χ0n) is 10.8. The Morgan fingerprint density at radius 2 is 1.81 bits per heavy atom. The largest absolute Gasteiger partial charge is 0.379 e. The highest BCUT2D eigenvalue weighted by atomic mass is 127. The number of rotatable bonds is 5. The second-order valence-corrected chi connectivity index (χ2v) is 5.62. The molecule has 0 amide bonds. The Kier molecular flexibility index (Phi) is 5.05. The molecular weight excluding hydrogens is 393 g/mol. The van der Waals surface area contributed by atoms with E-state index < -0.39 is 16.6 Å². The van der Waals surface area contributed by atoms with E-state index in [-0.39, 0.29) is 5.69 Å². The molecule has 0 heterocycles. The van der Waals surface area contributed by atoms with Gasteiger partial charge in [0.2, 0.25) is 0 Å². The lowest BCUT2D eigenvalue weighted by molar-refractivity contribution is -0.384. The first kappa shape index (κ1) is 15.6. The van der Waals surface area contributed by atoms with E-state index in [0.717, 1.165) is 9.64 Å². The second-order valence-electron chi connectivity index (χ2n) is 4.37. The molecule has 21 heavy (non-hydrogen) atoms. The molecular formula is C14H11F2IN2O2. The summed E-state index contributed by atoms with van der Waals surface area (Å²) in [4.78, 5) is 10.5. The molecule has 0 atom stereocenters. The zero-order chi connectivity index (χ0) is 15.4. The van der Waals surface area contributed by atoms with Crippen molar-refractivity contribution in [1.29, 1.82) is 0 Å². The van der Waals surface area contributed by atoms with Gasteiger partial charge < -0.3 is 5.32 Å². The van der Waals surface area contributed by atoms with Crippen molar-refractivity contribution < 1.29 is 13.7 Å². The molecule has 110 valence electrons. The van der Waals surface area contributed by atoms with Crippen LogP contribution in [0.4, 0.5) is 20.2 Å². The molecule has 0 bridgehead atoms. The first-order valence-corrected chi connectivity index (χ1v) is 7.16. The molecule has 2 rings (SSSR count). The summed E-state index contributed by atoms with van der Waals surface area (Å²) in [5.74, 6) is -1.27. The van der Waals surface area contributed by atoms with Crippen LogP contribution in [0.5, 0.6) is 0 Å². The Bertz CT molecular complexity index is 660. The third kappa shape index (κ3) is 4.35. The van der Waals surface area contributed by atoms with E-state index in [2.05, 4.69) is 5.32 Å². The van der Waals surface area contributed by atoms with E-state index in [9.17, 15) is 18.9 Å². The number of benzene rings is 2. The van der Waals surface area contributed by atoms with Gasteiger partial charge in [0.15, 0.2) is 0 Å². The lowest BCUT2D eigenvalue weighted by atomic mass is 10.1. The number of halogens is 3. The van der Waals surface area contributed by atoms with Crippen molar-refractivity contribution in [3.05, 3.63) is 67.3 Å². The van der Waals surface area contributed by atoms with Gasteiger partial charge in [0.25, 0.3) is 5.69 Å². The molecule has 0 aromatic heterocycles. The average Bonchev–Trinajstić information content (AvgIpc) is 2.39. The van der Waals surface area contributed by atoms with E-state index in [0.29, 0.717) is 24.2 Å². The van der Waals surface area contributed by atoms with Crippen molar-refractivity contribution in [3.63, 3.8) is 0 Å². The van der Waals surface area contributed by atoms with Crippen LogP contribution in [-0.2, 0) is 6.42 Å². The number of nitrogens with one attached hydrogen (secondary N) is 1. The van der Waals surface area contributed by atoms with E-state index in [1.807, 2.05) is 22.6 Å². The molecule has 7 heteroatoms. The first-order chi connectivity index (χ1) is 9.95. The Labute approximate surface area is 133 Å². The van der Waals surface area contributed by atoms with Crippen LogP contribution in [0, 0.1) is 25.3 Å². The highest BCUT2D eigenvalue weighted by Gasteiger charge is 2.13. The van der Waals surface area contributed by atoms with Crippen molar-refractivity contribution in [1.82, 2.24) is 0 Å². The van der Waals surface area contributed by atoms with E-state index in [1.165, 1.54) is 18.2 Å². The number of nitro groups is 1. The maximum atomic E-state index is 13.0. The van der Waals surface area contributed by atoms with Crippen LogP contribution in [0.1, 0.15) is 5.56 Å². The third-order valence-corrected chi connectivity index (χ3v) is 3.48. The van der Waals surface area contributed by atoms with Crippen molar-refractivity contribution in [2.75, 3.05) is 11.9 Å². The SMILES string of the molecule is O=[N+]([O-])c1cc(I)ccc1NCCc1cc(F)cc(F)c1. The van der Waals surface area contributed by atoms with Gasteiger partial charge in [-0.2, -0.15) is 0 Å². The third-order valence-electron chi connectivity index (χ3n) is 2.81. The van der Waals surface area contributed by atoms with Gasteiger partial charge in [0, 0.05) is 22.2 Å². The molecule has 1 N–H and O–H groups in total. The van der Waals surface area contributed by atoms with E-state index in [4.69, 9.17) is 0 Å². The van der Waals surface area contributed by atoms with Gasteiger partial charge in [-0.05, 0) is 58.8 Å².